The lowest BCUT2D eigenvalue weighted by Gasteiger charge is -1.67. The van der Waals surface area contributed by atoms with Gasteiger partial charge in [0.25, 0.3) is 0 Å². The first-order valence-electron chi connectivity index (χ1n) is 3.10. The Morgan fingerprint density at radius 2 is 1.91 bits per heavy atom. The Morgan fingerprint density at radius 3 is 2.55 bits per heavy atom. The Labute approximate surface area is 67.1 Å². The molecule has 1 nitrogen and oxygen atoms in total. The molecule has 0 fully saturated rings. The molecule has 0 saturated heterocycles. The number of hydrogen-bond acceptors (Lipinski definition) is 1. The summed E-state index contributed by atoms with van der Waals surface area (Å²) in [6, 6.07) is 0. The second-order valence-corrected chi connectivity index (χ2v) is 1.48. The summed E-state index contributed by atoms with van der Waals surface area (Å²) >= 11 is 0. The lowest BCUT2D eigenvalue weighted by molar-refractivity contribution is 0.343. The van der Waals surface area contributed by atoms with Crippen molar-refractivity contribution in [3.8, 4) is 35.5 Å². The maximum absolute atomic E-state index is 8.29. The van der Waals surface area contributed by atoms with E-state index in [1.54, 1.807) is 19.1 Å². The number of hydrogen-bond donors (Lipinski definition) is 1. The highest BCUT2D eigenvalue weighted by atomic mass is 16.2. The molecule has 0 spiro atoms. The van der Waals surface area contributed by atoms with Gasteiger partial charge in [0.1, 0.15) is 0 Å². The summed E-state index contributed by atoms with van der Waals surface area (Å²) in [4.78, 5) is 0. The van der Waals surface area contributed by atoms with Crippen molar-refractivity contribution >= 4 is 0 Å². The second kappa shape index (κ2) is 8.38. The summed E-state index contributed by atoms with van der Waals surface area (Å²) in [6.07, 6.45) is 3.09. The van der Waals surface area contributed by atoms with Crippen molar-refractivity contribution in [1.29, 1.82) is 0 Å². The molecule has 0 atom stereocenters. The highest BCUT2D eigenvalue weighted by Gasteiger charge is 1.59. The number of rotatable bonds is 1. The monoisotopic (exact) mass is 144 g/mol. The van der Waals surface area contributed by atoms with Gasteiger partial charge in [0.2, 0.25) is 0 Å². The van der Waals surface area contributed by atoms with Gasteiger partial charge in [-0.05, 0) is 36.7 Å². The molecule has 0 aliphatic carbocycles. The Kier molecular flexibility index (Phi) is 7.15. The largest absolute Gasteiger partial charge is 0.392 e. The van der Waals surface area contributed by atoms with Crippen LogP contribution in [0.15, 0.2) is 12.2 Å². The van der Waals surface area contributed by atoms with Crippen molar-refractivity contribution in [2.24, 2.45) is 0 Å². The van der Waals surface area contributed by atoms with Gasteiger partial charge in [-0.3, -0.25) is 0 Å². The first-order valence-corrected chi connectivity index (χ1v) is 3.10. The van der Waals surface area contributed by atoms with Crippen LogP contribution in [0.4, 0.5) is 0 Å². The van der Waals surface area contributed by atoms with Crippen LogP contribution in [0.1, 0.15) is 6.92 Å². The first-order chi connectivity index (χ1) is 5.41. The van der Waals surface area contributed by atoms with Crippen LogP contribution in [0.5, 0.6) is 0 Å². The van der Waals surface area contributed by atoms with Crippen LogP contribution in [0.3, 0.4) is 0 Å². The molecule has 0 rings (SSSR count). The third kappa shape index (κ3) is 8.38. The molecule has 11 heavy (non-hydrogen) atoms. The summed E-state index contributed by atoms with van der Waals surface area (Å²) < 4.78 is 0. The SMILES string of the molecule is CC#CC#CC#CC=CCO. The van der Waals surface area contributed by atoms with Crippen LogP contribution >= 0.6 is 0 Å². The van der Waals surface area contributed by atoms with Gasteiger partial charge in [-0.2, -0.15) is 0 Å². The van der Waals surface area contributed by atoms with Gasteiger partial charge in [-0.15, -0.1) is 0 Å². The number of aliphatic hydroxyl groups excluding tert-OH is 1. The normalized spacial score (nSPS) is 6.73. The zero-order valence-electron chi connectivity index (χ0n) is 6.31. The van der Waals surface area contributed by atoms with Crippen molar-refractivity contribution in [2.75, 3.05) is 6.61 Å². The molecule has 0 radical (unpaired) electrons. The Morgan fingerprint density at radius 1 is 1.18 bits per heavy atom. The van der Waals surface area contributed by atoms with E-state index in [9.17, 15) is 0 Å². The average Bonchev–Trinajstić information content (AvgIpc) is 2.03. The molecular weight excluding hydrogens is 136 g/mol. The molecule has 0 unspecified atom stereocenters. The zero-order valence-corrected chi connectivity index (χ0v) is 6.31. The fourth-order valence-corrected chi connectivity index (χ4v) is 0.314. The van der Waals surface area contributed by atoms with Gasteiger partial charge in [-0.1, -0.05) is 17.9 Å². The zero-order chi connectivity index (χ0) is 8.36. The van der Waals surface area contributed by atoms with Crippen molar-refractivity contribution < 1.29 is 5.11 Å². The molecule has 0 aromatic rings. The van der Waals surface area contributed by atoms with Gasteiger partial charge in [0, 0.05) is 0 Å². The summed E-state index contributed by atoms with van der Waals surface area (Å²) in [7, 11) is 0. The molecule has 0 amide bonds. The quantitative estimate of drug-likeness (QED) is 0.533. The van der Waals surface area contributed by atoms with Crippen LogP contribution in [0.25, 0.3) is 0 Å². The predicted octanol–water partition coefficient (Wildman–Crippen LogP) is 0.565. The molecule has 54 valence electrons. The summed E-state index contributed by atoms with van der Waals surface area (Å²) in [5.74, 6) is 15.4. The third-order valence-electron chi connectivity index (χ3n) is 0.691. The Balaban J connectivity index is 3.81. The van der Waals surface area contributed by atoms with Crippen LogP contribution < -0.4 is 0 Å². The highest BCUT2D eigenvalue weighted by Crippen LogP contribution is 1.65. The molecule has 0 aromatic heterocycles. The minimum atomic E-state index is 0.0108. The van der Waals surface area contributed by atoms with E-state index in [4.69, 9.17) is 5.11 Å². The minimum absolute atomic E-state index is 0.0108. The van der Waals surface area contributed by atoms with Gasteiger partial charge < -0.3 is 5.11 Å². The van der Waals surface area contributed by atoms with Gasteiger partial charge >= 0.3 is 0 Å². The van der Waals surface area contributed by atoms with Crippen LogP contribution in [-0.2, 0) is 0 Å². The lowest BCUT2D eigenvalue weighted by atomic mass is 10.5. The van der Waals surface area contributed by atoms with E-state index in [2.05, 4.69) is 35.5 Å². The first kappa shape index (κ1) is 9.38. The number of allylic oxidation sites excluding steroid dienone is 1. The predicted molar refractivity (Wildman–Crippen MR) is 45.2 cm³/mol. The molecule has 0 aliphatic heterocycles. The minimum Gasteiger partial charge on any atom is -0.392 e. The molecule has 1 heteroatoms. The third-order valence-corrected chi connectivity index (χ3v) is 0.691. The topological polar surface area (TPSA) is 20.2 Å². The van der Waals surface area contributed by atoms with Crippen molar-refractivity contribution in [3.63, 3.8) is 0 Å². The van der Waals surface area contributed by atoms with E-state index in [0.717, 1.165) is 0 Å². The fourth-order valence-electron chi connectivity index (χ4n) is 0.314. The van der Waals surface area contributed by atoms with Gasteiger partial charge in [0.05, 0.1) is 6.61 Å². The molecule has 0 aliphatic rings. The molecule has 1 N–H and O–H groups in total. The van der Waals surface area contributed by atoms with Crippen molar-refractivity contribution in [3.05, 3.63) is 12.2 Å². The highest BCUT2D eigenvalue weighted by molar-refractivity contribution is 5.37. The molecular formula is C10H8O. The van der Waals surface area contributed by atoms with E-state index in [1.165, 1.54) is 0 Å². The van der Waals surface area contributed by atoms with Gasteiger partial charge in [-0.25, -0.2) is 0 Å². The van der Waals surface area contributed by atoms with E-state index in [-0.39, 0.29) is 6.61 Å². The van der Waals surface area contributed by atoms with Crippen molar-refractivity contribution in [2.45, 2.75) is 6.92 Å². The van der Waals surface area contributed by atoms with Crippen LogP contribution in [0.2, 0.25) is 0 Å². The Hall–Kier alpha value is -1.62. The lowest BCUT2D eigenvalue weighted by Crippen LogP contribution is -1.67. The van der Waals surface area contributed by atoms with Crippen molar-refractivity contribution in [1.82, 2.24) is 0 Å². The second-order valence-electron chi connectivity index (χ2n) is 1.48. The maximum Gasteiger partial charge on any atom is 0.0621 e. The van der Waals surface area contributed by atoms with E-state index < -0.39 is 0 Å². The van der Waals surface area contributed by atoms with Gasteiger partial charge in [0.15, 0.2) is 0 Å². The molecule has 0 aromatic carbocycles. The fraction of sp³-hybridized carbons (Fsp3) is 0.200. The maximum atomic E-state index is 8.29. The molecule has 0 saturated carbocycles. The molecule has 0 bridgehead atoms. The standard InChI is InChI=1S/C10H8O/c1-2-3-4-5-6-7-8-9-10-11/h8-9,11H,10H2,1H3. The van der Waals surface area contributed by atoms with E-state index >= 15 is 0 Å². The Bertz CT molecular complexity index is 291. The molecule has 0 heterocycles. The average molecular weight is 144 g/mol. The summed E-state index contributed by atoms with van der Waals surface area (Å²) in [6.45, 7) is 1.73. The van der Waals surface area contributed by atoms with E-state index in [1.807, 2.05) is 0 Å². The summed E-state index contributed by atoms with van der Waals surface area (Å²) in [5, 5.41) is 8.29. The van der Waals surface area contributed by atoms with E-state index in [0.29, 0.717) is 0 Å². The van der Waals surface area contributed by atoms with Crippen LogP contribution in [-0.4, -0.2) is 11.7 Å². The number of aliphatic hydroxyl groups is 1. The smallest absolute Gasteiger partial charge is 0.0621 e. The summed E-state index contributed by atoms with van der Waals surface area (Å²) in [5.41, 5.74) is 0. The van der Waals surface area contributed by atoms with Crippen LogP contribution in [0, 0.1) is 35.5 Å².